The van der Waals surface area contributed by atoms with E-state index in [1.165, 1.54) is 22.3 Å². The van der Waals surface area contributed by atoms with Gasteiger partial charge in [-0.2, -0.15) is 0 Å². The molecule has 9 heteroatoms. The Labute approximate surface area is 123 Å². The maximum absolute atomic E-state index is 12.1. The largest absolute Gasteiger partial charge is 0.325 e. The van der Waals surface area contributed by atoms with Crippen molar-refractivity contribution in [2.45, 2.75) is 6.54 Å². The van der Waals surface area contributed by atoms with Crippen LogP contribution in [0.5, 0.6) is 0 Å². The summed E-state index contributed by atoms with van der Waals surface area (Å²) in [6.45, 7) is 0.326. The first-order chi connectivity index (χ1) is 10.3. The van der Waals surface area contributed by atoms with Gasteiger partial charge in [-0.15, -0.1) is 16.4 Å². The van der Waals surface area contributed by atoms with Gasteiger partial charge in [0.05, 0.1) is 5.69 Å². The van der Waals surface area contributed by atoms with Crippen LogP contribution in [0.2, 0.25) is 0 Å². The number of tetrazole rings is 1. The fourth-order valence-corrected chi connectivity index (χ4v) is 2.36. The van der Waals surface area contributed by atoms with Gasteiger partial charge >= 0.3 is 0 Å². The van der Waals surface area contributed by atoms with E-state index in [0.29, 0.717) is 17.9 Å². The van der Waals surface area contributed by atoms with E-state index >= 15 is 0 Å². The maximum Gasteiger partial charge on any atom is 0.275 e. The van der Waals surface area contributed by atoms with E-state index in [1.54, 1.807) is 23.6 Å². The van der Waals surface area contributed by atoms with Gasteiger partial charge in [-0.3, -0.25) is 4.79 Å². The molecule has 0 spiro atoms. The lowest BCUT2D eigenvalue weighted by atomic mass is 10.2. The fourth-order valence-electron chi connectivity index (χ4n) is 1.71. The van der Waals surface area contributed by atoms with Crippen molar-refractivity contribution >= 4 is 22.9 Å². The minimum atomic E-state index is -0.278. The molecule has 106 valence electrons. The Balaban J connectivity index is 1.78. The molecule has 3 aromatic rings. The summed E-state index contributed by atoms with van der Waals surface area (Å²) >= 11 is 1.36. The molecule has 3 rings (SSSR count). The lowest BCUT2D eigenvalue weighted by Crippen LogP contribution is -2.13. The van der Waals surface area contributed by atoms with E-state index in [0.717, 1.165) is 10.7 Å². The first kappa shape index (κ1) is 13.3. The van der Waals surface area contributed by atoms with Crippen molar-refractivity contribution in [1.82, 2.24) is 25.2 Å². The van der Waals surface area contributed by atoms with E-state index in [-0.39, 0.29) is 5.91 Å². The van der Waals surface area contributed by atoms with Crippen LogP contribution >= 0.6 is 11.3 Å². The van der Waals surface area contributed by atoms with Crippen LogP contribution in [-0.2, 0) is 6.54 Å². The number of benzene rings is 1. The molecule has 0 radical (unpaired) electrons. The van der Waals surface area contributed by atoms with Crippen LogP contribution in [0.1, 0.15) is 15.5 Å². The number of thiazole rings is 1. The molecule has 0 aliphatic heterocycles. The van der Waals surface area contributed by atoms with Gasteiger partial charge in [0.15, 0.2) is 0 Å². The molecular formula is C12H11N7OS. The Morgan fingerprint density at radius 1 is 1.43 bits per heavy atom. The van der Waals surface area contributed by atoms with Crippen molar-refractivity contribution in [2.24, 2.45) is 5.73 Å². The number of rotatable bonds is 4. The monoisotopic (exact) mass is 301 g/mol. The Kier molecular flexibility index (Phi) is 3.67. The standard InChI is InChI=1S/C12H11N7OS/c13-5-11-16-10(6-21-11)12(20)15-8-2-1-3-9(4-8)19-7-14-17-18-19/h1-4,6-7H,5,13H2,(H,15,20). The number of nitrogens with one attached hydrogen (secondary N) is 1. The molecule has 0 bridgehead atoms. The third-order valence-electron chi connectivity index (χ3n) is 2.68. The van der Waals surface area contributed by atoms with Crippen LogP contribution in [-0.4, -0.2) is 31.1 Å². The number of amides is 1. The Hall–Kier alpha value is -2.65. The van der Waals surface area contributed by atoms with Crippen molar-refractivity contribution in [2.75, 3.05) is 5.32 Å². The van der Waals surface area contributed by atoms with Crippen molar-refractivity contribution in [1.29, 1.82) is 0 Å². The van der Waals surface area contributed by atoms with E-state index < -0.39 is 0 Å². The van der Waals surface area contributed by atoms with E-state index in [9.17, 15) is 4.79 Å². The molecule has 0 atom stereocenters. The second kappa shape index (κ2) is 5.77. The Morgan fingerprint density at radius 3 is 3.05 bits per heavy atom. The highest BCUT2D eigenvalue weighted by molar-refractivity contribution is 7.09. The van der Waals surface area contributed by atoms with Gasteiger partial charge in [-0.25, -0.2) is 9.67 Å². The average Bonchev–Trinajstić information content (AvgIpc) is 3.19. The molecular weight excluding hydrogens is 290 g/mol. The van der Waals surface area contributed by atoms with E-state index in [2.05, 4.69) is 25.8 Å². The quantitative estimate of drug-likeness (QED) is 0.738. The lowest BCUT2D eigenvalue weighted by molar-refractivity contribution is 0.102. The van der Waals surface area contributed by atoms with Crippen molar-refractivity contribution in [3.05, 3.63) is 46.7 Å². The molecule has 0 aliphatic carbocycles. The lowest BCUT2D eigenvalue weighted by Gasteiger charge is -2.05. The summed E-state index contributed by atoms with van der Waals surface area (Å²) in [6, 6.07) is 7.19. The Morgan fingerprint density at radius 2 is 2.33 bits per heavy atom. The number of hydrogen-bond donors (Lipinski definition) is 2. The Bertz CT molecular complexity index is 753. The van der Waals surface area contributed by atoms with Crippen LogP contribution in [0.15, 0.2) is 36.0 Å². The minimum absolute atomic E-state index is 0.278. The van der Waals surface area contributed by atoms with Crippen LogP contribution in [0, 0.1) is 0 Å². The van der Waals surface area contributed by atoms with E-state index in [1.807, 2.05) is 6.07 Å². The number of carbonyl (C=O) groups excluding carboxylic acids is 1. The fraction of sp³-hybridized carbons (Fsp3) is 0.0833. The number of carbonyl (C=O) groups is 1. The van der Waals surface area contributed by atoms with Crippen LogP contribution < -0.4 is 11.1 Å². The zero-order valence-corrected chi connectivity index (χ0v) is 11.6. The summed E-state index contributed by atoms with van der Waals surface area (Å²) in [5.41, 5.74) is 7.22. The number of aromatic nitrogens is 5. The van der Waals surface area contributed by atoms with Gasteiger partial charge in [-0.1, -0.05) is 6.07 Å². The van der Waals surface area contributed by atoms with Crippen molar-refractivity contribution < 1.29 is 4.79 Å². The predicted molar refractivity (Wildman–Crippen MR) is 77.1 cm³/mol. The molecule has 1 aromatic carbocycles. The molecule has 3 N–H and O–H groups in total. The molecule has 2 aromatic heterocycles. The summed E-state index contributed by atoms with van der Waals surface area (Å²) in [4.78, 5) is 16.2. The van der Waals surface area contributed by atoms with Crippen LogP contribution in [0.4, 0.5) is 5.69 Å². The first-order valence-electron chi connectivity index (χ1n) is 6.05. The van der Waals surface area contributed by atoms with Gasteiger partial charge in [0.1, 0.15) is 17.0 Å². The number of hydrogen-bond acceptors (Lipinski definition) is 7. The van der Waals surface area contributed by atoms with Gasteiger partial charge in [-0.05, 0) is 28.6 Å². The highest BCUT2D eigenvalue weighted by Crippen LogP contribution is 2.15. The van der Waals surface area contributed by atoms with Gasteiger partial charge in [0.2, 0.25) is 0 Å². The normalized spacial score (nSPS) is 10.5. The third-order valence-corrected chi connectivity index (χ3v) is 3.55. The number of anilines is 1. The molecule has 2 heterocycles. The first-order valence-corrected chi connectivity index (χ1v) is 6.93. The molecule has 0 aliphatic rings. The molecule has 21 heavy (non-hydrogen) atoms. The smallest absolute Gasteiger partial charge is 0.275 e. The van der Waals surface area contributed by atoms with E-state index in [4.69, 9.17) is 5.73 Å². The molecule has 0 unspecified atom stereocenters. The van der Waals surface area contributed by atoms with Crippen LogP contribution in [0.25, 0.3) is 5.69 Å². The maximum atomic E-state index is 12.1. The second-order valence-electron chi connectivity index (χ2n) is 4.09. The molecule has 8 nitrogen and oxygen atoms in total. The average molecular weight is 301 g/mol. The highest BCUT2D eigenvalue weighted by atomic mass is 32.1. The molecule has 0 saturated carbocycles. The number of nitrogens with two attached hydrogens (primary N) is 1. The second-order valence-corrected chi connectivity index (χ2v) is 5.03. The van der Waals surface area contributed by atoms with Crippen molar-refractivity contribution in [3.8, 4) is 5.69 Å². The number of nitrogens with zero attached hydrogens (tertiary/aromatic N) is 5. The summed E-state index contributed by atoms with van der Waals surface area (Å²) in [7, 11) is 0. The minimum Gasteiger partial charge on any atom is -0.325 e. The molecule has 0 fully saturated rings. The third kappa shape index (κ3) is 2.93. The zero-order chi connectivity index (χ0) is 14.7. The molecule has 0 saturated heterocycles. The SMILES string of the molecule is NCc1nc(C(=O)Nc2cccc(-n3cnnn3)c2)cs1. The summed E-state index contributed by atoms with van der Waals surface area (Å²) in [5, 5.41) is 16.1. The highest BCUT2D eigenvalue weighted by Gasteiger charge is 2.11. The van der Waals surface area contributed by atoms with Gasteiger partial charge in [0.25, 0.3) is 5.91 Å². The zero-order valence-electron chi connectivity index (χ0n) is 10.8. The summed E-state index contributed by atoms with van der Waals surface area (Å²) < 4.78 is 1.50. The molecule has 1 amide bonds. The summed E-state index contributed by atoms with van der Waals surface area (Å²) in [6.07, 6.45) is 1.48. The van der Waals surface area contributed by atoms with Crippen molar-refractivity contribution in [3.63, 3.8) is 0 Å². The van der Waals surface area contributed by atoms with Crippen LogP contribution in [0.3, 0.4) is 0 Å². The summed E-state index contributed by atoms with van der Waals surface area (Å²) in [5.74, 6) is -0.278. The van der Waals surface area contributed by atoms with Gasteiger partial charge in [0, 0.05) is 17.6 Å². The topological polar surface area (TPSA) is 112 Å². The predicted octanol–water partition coefficient (Wildman–Crippen LogP) is 0.830. The van der Waals surface area contributed by atoms with Gasteiger partial charge < -0.3 is 11.1 Å².